The molecule has 1 heterocycles. The zero-order chi connectivity index (χ0) is 20.6. The van der Waals surface area contributed by atoms with Crippen molar-refractivity contribution in [2.24, 2.45) is 10.2 Å². The Balaban J connectivity index is 1.65. The Morgan fingerprint density at radius 2 is 1.79 bits per heavy atom. The summed E-state index contributed by atoms with van der Waals surface area (Å²) in [5.74, 6) is 2.55. The Kier molecular flexibility index (Phi) is 7.13. The van der Waals surface area contributed by atoms with Crippen LogP contribution in [0.4, 0.5) is 0 Å². The van der Waals surface area contributed by atoms with Gasteiger partial charge in [0.05, 0.1) is 33.3 Å². The molecule has 152 valence electrons. The van der Waals surface area contributed by atoms with E-state index in [4.69, 9.17) is 14.2 Å². The highest BCUT2D eigenvalue weighted by Crippen LogP contribution is 2.28. The van der Waals surface area contributed by atoms with E-state index in [1.807, 2.05) is 42.5 Å². The summed E-state index contributed by atoms with van der Waals surface area (Å²) in [6, 6.07) is 13.3. The fraction of sp³-hybridized carbons (Fsp3) is 0.286. The van der Waals surface area contributed by atoms with Gasteiger partial charge in [-0.25, -0.2) is 0 Å². The minimum absolute atomic E-state index is 0.0360. The molecule has 2 aromatic carbocycles. The number of carbonyl (C=O) groups is 1. The number of hydrogen-bond acceptors (Lipinski definition) is 7. The topological polar surface area (TPSA) is 72.7 Å². The molecule has 0 N–H and O–H groups in total. The molecule has 3 rings (SSSR count). The molecule has 1 fully saturated rings. The molecule has 29 heavy (non-hydrogen) atoms. The monoisotopic (exact) mass is 413 g/mol. The van der Waals surface area contributed by atoms with Crippen LogP contribution in [0.25, 0.3) is 0 Å². The van der Waals surface area contributed by atoms with Crippen molar-refractivity contribution in [3.63, 3.8) is 0 Å². The normalized spacial score (nSPS) is 15.3. The highest BCUT2D eigenvalue weighted by molar-refractivity contribution is 8.15. The highest BCUT2D eigenvalue weighted by Gasteiger charge is 2.28. The fourth-order valence-electron chi connectivity index (χ4n) is 2.80. The summed E-state index contributed by atoms with van der Waals surface area (Å²) in [5, 5.41) is 9.00. The Bertz CT molecular complexity index is 913. The van der Waals surface area contributed by atoms with Crippen LogP contribution in [0.5, 0.6) is 17.2 Å². The minimum Gasteiger partial charge on any atom is -0.497 e. The molecule has 1 saturated heterocycles. The molecule has 1 aliphatic rings. The molecule has 0 spiro atoms. The maximum absolute atomic E-state index is 12.2. The van der Waals surface area contributed by atoms with Gasteiger partial charge < -0.3 is 14.2 Å². The Morgan fingerprint density at radius 1 is 1.03 bits per heavy atom. The molecular weight excluding hydrogens is 390 g/mol. The highest BCUT2D eigenvalue weighted by atomic mass is 32.2. The van der Waals surface area contributed by atoms with Gasteiger partial charge in [0.15, 0.2) is 16.7 Å². The van der Waals surface area contributed by atoms with Crippen molar-refractivity contribution in [2.45, 2.75) is 6.42 Å². The summed E-state index contributed by atoms with van der Waals surface area (Å²) < 4.78 is 15.7. The predicted molar refractivity (Wildman–Crippen MR) is 115 cm³/mol. The summed E-state index contributed by atoms with van der Waals surface area (Å²) in [5.41, 5.74) is 1.95. The van der Waals surface area contributed by atoms with Gasteiger partial charge in [-0.3, -0.25) is 9.69 Å². The van der Waals surface area contributed by atoms with Gasteiger partial charge in [-0.05, 0) is 53.9 Å². The molecule has 0 unspecified atom stereocenters. The number of amidine groups is 1. The molecule has 7 nitrogen and oxygen atoms in total. The first kappa shape index (κ1) is 20.7. The third-order valence-electron chi connectivity index (χ3n) is 4.39. The average molecular weight is 413 g/mol. The molecule has 0 atom stereocenters. The van der Waals surface area contributed by atoms with E-state index in [0.29, 0.717) is 35.4 Å². The lowest BCUT2D eigenvalue weighted by atomic mass is 10.1. The quantitative estimate of drug-likeness (QED) is 0.491. The van der Waals surface area contributed by atoms with Crippen LogP contribution in [-0.2, 0) is 11.2 Å². The largest absolute Gasteiger partial charge is 0.497 e. The van der Waals surface area contributed by atoms with Gasteiger partial charge in [-0.1, -0.05) is 17.8 Å². The van der Waals surface area contributed by atoms with Crippen molar-refractivity contribution in [2.75, 3.05) is 33.6 Å². The zero-order valence-corrected chi connectivity index (χ0v) is 17.4. The number of amides is 1. The number of rotatable bonds is 8. The second kappa shape index (κ2) is 9.97. The lowest BCUT2D eigenvalue weighted by Gasteiger charge is -2.16. The summed E-state index contributed by atoms with van der Waals surface area (Å²) in [7, 11) is 4.83. The number of ether oxygens (including phenoxy) is 3. The van der Waals surface area contributed by atoms with Gasteiger partial charge >= 0.3 is 0 Å². The molecule has 1 amide bonds. The van der Waals surface area contributed by atoms with E-state index in [1.54, 1.807) is 32.4 Å². The summed E-state index contributed by atoms with van der Waals surface area (Å²) in [4.78, 5) is 13.9. The van der Waals surface area contributed by atoms with E-state index in [1.165, 1.54) is 11.8 Å². The van der Waals surface area contributed by atoms with Crippen LogP contribution in [-0.4, -0.2) is 55.8 Å². The third-order valence-corrected chi connectivity index (χ3v) is 5.35. The average Bonchev–Trinajstić information content (AvgIpc) is 3.11. The van der Waals surface area contributed by atoms with E-state index in [0.717, 1.165) is 16.9 Å². The molecular formula is C21H23N3O4S. The van der Waals surface area contributed by atoms with Crippen LogP contribution in [0.1, 0.15) is 11.1 Å². The molecule has 0 saturated carbocycles. The first-order chi connectivity index (χ1) is 14.1. The van der Waals surface area contributed by atoms with Gasteiger partial charge in [-0.15, -0.1) is 5.10 Å². The van der Waals surface area contributed by atoms with E-state index >= 15 is 0 Å². The predicted octanol–water partition coefficient (Wildman–Crippen LogP) is 3.22. The van der Waals surface area contributed by atoms with Gasteiger partial charge in [0.25, 0.3) is 0 Å². The SMILES string of the molecule is COc1ccc(/C=N\N=C2\SCC(=O)N2CCc2ccc(OC)c(OC)c2)cc1. The van der Waals surface area contributed by atoms with E-state index in [9.17, 15) is 4.79 Å². The summed E-state index contributed by atoms with van der Waals surface area (Å²) in [6.45, 7) is 0.526. The Labute approximate surface area is 174 Å². The number of carbonyl (C=O) groups excluding carboxylic acids is 1. The van der Waals surface area contributed by atoms with Crippen LogP contribution in [0.2, 0.25) is 0 Å². The number of benzene rings is 2. The van der Waals surface area contributed by atoms with E-state index in [2.05, 4.69) is 10.2 Å². The third kappa shape index (κ3) is 5.29. The van der Waals surface area contributed by atoms with E-state index in [-0.39, 0.29) is 5.91 Å². The first-order valence-corrected chi connectivity index (χ1v) is 10.0. The molecule has 0 radical (unpaired) electrons. The lowest BCUT2D eigenvalue weighted by molar-refractivity contribution is -0.124. The smallest absolute Gasteiger partial charge is 0.239 e. The fourth-order valence-corrected chi connectivity index (χ4v) is 3.67. The molecule has 0 aromatic heterocycles. The van der Waals surface area contributed by atoms with Crippen LogP contribution in [0.15, 0.2) is 52.7 Å². The second-order valence-electron chi connectivity index (χ2n) is 6.17. The van der Waals surface area contributed by atoms with Gasteiger partial charge in [-0.2, -0.15) is 5.10 Å². The first-order valence-electron chi connectivity index (χ1n) is 9.03. The maximum Gasteiger partial charge on any atom is 0.239 e. The Morgan fingerprint density at radius 3 is 2.48 bits per heavy atom. The Hall–Kier alpha value is -3.00. The van der Waals surface area contributed by atoms with Gasteiger partial charge in [0.2, 0.25) is 5.91 Å². The molecule has 2 aromatic rings. The number of nitrogens with zero attached hydrogens (tertiary/aromatic N) is 3. The number of hydrogen-bond donors (Lipinski definition) is 0. The minimum atomic E-state index is 0.0360. The van der Waals surface area contributed by atoms with Crippen molar-refractivity contribution < 1.29 is 19.0 Å². The van der Waals surface area contributed by atoms with Gasteiger partial charge in [0.1, 0.15) is 5.75 Å². The van der Waals surface area contributed by atoms with E-state index < -0.39 is 0 Å². The second-order valence-corrected chi connectivity index (χ2v) is 7.12. The summed E-state index contributed by atoms with van der Waals surface area (Å²) in [6.07, 6.45) is 2.33. The molecule has 0 aliphatic carbocycles. The number of thioether (sulfide) groups is 1. The number of methoxy groups -OCH3 is 3. The van der Waals surface area contributed by atoms with Crippen LogP contribution < -0.4 is 14.2 Å². The molecule has 0 bridgehead atoms. The molecule has 8 heteroatoms. The zero-order valence-electron chi connectivity index (χ0n) is 16.6. The van der Waals surface area contributed by atoms with Crippen molar-refractivity contribution in [1.82, 2.24) is 4.90 Å². The molecule has 1 aliphatic heterocycles. The standard InChI is InChI=1S/C21H23N3O4S/c1-26-17-7-4-16(5-8-17)13-22-23-21-24(20(25)14-29-21)11-10-15-6-9-18(27-2)19(12-15)28-3/h4-9,12-13H,10-11,14H2,1-3H3/b22-13-,23-21+. The van der Waals surface area contributed by atoms with Crippen molar-refractivity contribution >= 4 is 29.1 Å². The van der Waals surface area contributed by atoms with Crippen molar-refractivity contribution in [3.05, 3.63) is 53.6 Å². The van der Waals surface area contributed by atoms with Crippen LogP contribution in [0, 0.1) is 0 Å². The van der Waals surface area contributed by atoms with Crippen LogP contribution in [0.3, 0.4) is 0 Å². The van der Waals surface area contributed by atoms with Crippen molar-refractivity contribution in [1.29, 1.82) is 0 Å². The van der Waals surface area contributed by atoms with Gasteiger partial charge in [0, 0.05) is 6.54 Å². The van der Waals surface area contributed by atoms with Crippen LogP contribution >= 0.6 is 11.8 Å². The van der Waals surface area contributed by atoms with Crippen molar-refractivity contribution in [3.8, 4) is 17.2 Å². The maximum atomic E-state index is 12.2. The lowest BCUT2D eigenvalue weighted by Crippen LogP contribution is -2.31. The summed E-state index contributed by atoms with van der Waals surface area (Å²) >= 11 is 1.40.